The minimum atomic E-state index is -3.62. The molecule has 24 heavy (non-hydrogen) atoms. The third-order valence-electron chi connectivity index (χ3n) is 3.42. The highest BCUT2D eigenvalue weighted by Crippen LogP contribution is 2.17. The van der Waals surface area contributed by atoms with Gasteiger partial charge in [0, 0.05) is 11.6 Å². The molecule has 5 heteroatoms. The van der Waals surface area contributed by atoms with Crippen molar-refractivity contribution in [3.05, 3.63) is 70.8 Å². The molecule has 0 heterocycles. The van der Waals surface area contributed by atoms with Crippen LogP contribution >= 0.6 is 11.6 Å². The van der Waals surface area contributed by atoms with Gasteiger partial charge in [-0.25, -0.2) is 8.42 Å². The summed E-state index contributed by atoms with van der Waals surface area (Å²) in [7, 11) is -3.62. The Hall–Kier alpha value is -2.06. The van der Waals surface area contributed by atoms with E-state index in [1.54, 1.807) is 42.5 Å². The summed E-state index contributed by atoms with van der Waals surface area (Å²) in [6.07, 6.45) is 8.94. The van der Waals surface area contributed by atoms with E-state index in [2.05, 4.69) is 5.92 Å². The van der Waals surface area contributed by atoms with Crippen molar-refractivity contribution in [1.82, 2.24) is 4.31 Å². The molecular weight excluding hydrogens is 342 g/mol. The summed E-state index contributed by atoms with van der Waals surface area (Å²) in [4.78, 5) is 0.239. The van der Waals surface area contributed by atoms with Gasteiger partial charge in [0.15, 0.2) is 0 Å². The van der Waals surface area contributed by atoms with Crippen molar-refractivity contribution in [3.63, 3.8) is 0 Å². The van der Waals surface area contributed by atoms with Crippen LogP contribution in [-0.2, 0) is 10.0 Å². The van der Waals surface area contributed by atoms with Crippen molar-refractivity contribution in [1.29, 1.82) is 0 Å². The van der Waals surface area contributed by atoms with Crippen molar-refractivity contribution in [2.24, 2.45) is 0 Å². The van der Waals surface area contributed by atoms with E-state index in [9.17, 15) is 8.42 Å². The van der Waals surface area contributed by atoms with E-state index in [0.29, 0.717) is 5.02 Å². The molecule has 0 aromatic heterocycles. The van der Waals surface area contributed by atoms with Gasteiger partial charge in [-0.05, 0) is 36.8 Å². The molecule has 2 aromatic rings. The molecule has 0 spiro atoms. The highest BCUT2D eigenvalue weighted by molar-refractivity contribution is 7.89. The fourth-order valence-electron chi connectivity index (χ4n) is 2.09. The lowest BCUT2D eigenvalue weighted by Crippen LogP contribution is -2.31. The molecule has 0 aliphatic carbocycles. The van der Waals surface area contributed by atoms with E-state index in [4.69, 9.17) is 18.0 Å². The minimum absolute atomic E-state index is 0.0150. The third-order valence-corrected chi connectivity index (χ3v) is 5.49. The first kappa shape index (κ1) is 18.3. The van der Waals surface area contributed by atoms with E-state index in [1.807, 2.05) is 25.1 Å². The summed E-state index contributed by atoms with van der Waals surface area (Å²) < 4.78 is 26.7. The maximum atomic E-state index is 12.7. The number of nitrogens with zero attached hydrogens (tertiary/aromatic N) is 1. The van der Waals surface area contributed by atoms with Crippen molar-refractivity contribution in [2.45, 2.75) is 11.8 Å². The summed E-state index contributed by atoms with van der Waals surface area (Å²) in [5.74, 6) is 2.41. The fraction of sp³-hybridized carbons (Fsp3) is 0.158. The second kappa shape index (κ2) is 8.16. The molecule has 0 unspecified atom stereocenters. The van der Waals surface area contributed by atoms with Gasteiger partial charge in [0.25, 0.3) is 0 Å². The predicted octanol–water partition coefficient (Wildman–Crippen LogP) is 3.99. The van der Waals surface area contributed by atoms with Gasteiger partial charge in [-0.2, -0.15) is 4.31 Å². The van der Waals surface area contributed by atoms with E-state index in [1.165, 1.54) is 4.31 Å². The topological polar surface area (TPSA) is 37.4 Å². The van der Waals surface area contributed by atoms with Crippen LogP contribution in [-0.4, -0.2) is 25.8 Å². The zero-order chi connectivity index (χ0) is 17.6. The molecule has 0 radical (unpaired) electrons. The van der Waals surface area contributed by atoms with Crippen LogP contribution in [0.5, 0.6) is 0 Å². The SMILES string of the molecule is C#CCN(CC=Cc1ccc(Cl)cc1)S(=O)(=O)c1ccc(C)cc1. The van der Waals surface area contributed by atoms with Gasteiger partial charge in [-0.15, -0.1) is 6.42 Å². The molecule has 0 saturated carbocycles. The van der Waals surface area contributed by atoms with Crippen molar-refractivity contribution < 1.29 is 8.42 Å². The molecule has 124 valence electrons. The summed E-state index contributed by atoms with van der Waals surface area (Å²) in [5, 5.41) is 0.656. The lowest BCUT2D eigenvalue weighted by Gasteiger charge is -2.18. The maximum Gasteiger partial charge on any atom is 0.244 e. The lowest BCUT2D eigenvalue weighted by molar-refractivity contribution is 0.478. The van der Waals surface area contributed by atoms with Gasteiger partial charge in [0.05, 0.1) is 11.4 Å². The summed E-state index contributed by atoms with van der Waals surface area (Å²) in [6.45, 7) is 2.12. The smallest absolute Gasteiger partial charge is 0.207 e. The number of benzene rings is 2. The first-order chi connectivity index (χ1) is 11.4. The predicted molar refractivity (Wildman–Crippen MR) is 99.3 cm³/mol. The second-order valence-electron chi connectivity index (χ2n) is 5.27. The van der Waals surface area contributed by atoms with Crippen molar-refractivity contribution >= 4 is 27.7 Å². The first-order valence-electron chi connectivity index (χ1n) is 7.36. The molecule has 0 fully saturated rings. The molecule has 0 aliphatic heterocycles. The molecule has 0 aliphatic rings. The average molecular weight is 360 g/mol. The number of aryl methyl sites for hydroxylation is 1. The molecule has 0 amide bonds. The Balaban J connectivity index is 2.18. The Morgan fingerprint density at radius 2 is 1.75 bits per heavy atom. The van der Waals surface area contributed by atoms with Crippen LogP contribution in [0, 0.1) is 19.3 Å². The summed E-state index contributed by atoms with van der Waals surface area (Å²) in [5.41, 5.74) is 1.94. The van der Waals surface area contributed by atoms with Gasteiger partial charge in [-0.1, -0.05) is 59.5 Å². The van der Waals surface area contributed by atoms with Gasteiger partial charge in [0.1, 0.15) is 0 Å². The van der Waals surface area contributed by atoms with Gasteiger partial charge < -0.3 is 0 Å². The number of sulfonamides is 1. The highest BCUT2D eigenvalue weighted by atomic mass is 35.5. The molecule has 0 bridgehead atoms. The van der Waals surface area contributed by atoms with Gasteiger partial charge in [0.2, 0.25) is 10.0 Å². The number of halogens is 1. The Labute approximate surface area is 148 Å². The van der Waals surface area contributed by atoms with Crippen LogP contribution in [0.3, 0.4) is 0 Å². The van der Waals surface area contributed by atoms with Crippen LogP contribution in [0.25, 0.3) is 6.08 Å². The second-order valence-corrected chi connectivity index (χ2v) is 7.64. The normalized spacial score (nSPS) is 11.8. The molecular formula is C19H18ClNO2S. The summed E-state index contributed by atoms with van der Waals surface area (Å²) in [6, 6.07) is 14.0. The molecule has 0 N–H and O–H groups in total. The number of hydrogen-bond acceptors (Lipinski definition) is 2. The van der Waals surface area contributed by atoms with Crippen LogP contribution in [0.2, 0.25) is 5.02 Å². The summed E-state index contributed by atoms with van der Waals surface area (Å²) >= 11 is 5.84. The zero-order valence-electron chi connectivity index (χ0n) is 13.3. The minimum Gasteiger partial charge on any atom is -0.207 e. The Kier molecular flexibility index (Phi) is 6.22. The molecule has 2 aromatic carbocycles. The fourth-order valence-corrected chi connectivity index (χ4v) is 3.52. The zero-order valence-corrected chi connectivity index (χ0v) is 14.9. The number of hydrogen-bond donors (Lipinski definition) is 0. The Morgan fingerprint density at radius 1 is 1.12 bits per heavy atom. The van der Waals surface area contributed by atoms with Crippen LogP contribution in [0.4, 0.5) is 0 Å². The van der Waals surface area contributed by atoms with Crippen LogP contribution in [0.15, 0.2) is 59.5 Å². The van der Waals surface area contributed by atoms with Crippen LogP contribution in [0.1, 0.15) is 11.1 Å². The maximum absolute atomic E-state index is 12.7. The third kappa shape index (κ3) is 4.72. The van der Waals surface area contributed by atoms with Gasteiger partial charge in [-0.3, -0.25) is 0 Å². The van der Waals surface area contributed by atoms with Gasteiger partial charge >= 0.3 is 0 Å². The lowest BCUT2D eigenvalue weighted by atomic mass is 10.2. The molecule has 0 atom stereocenters. The van der Waals surface area contributed by atoms with E-state index < -0.39 is 10.0 Å². The Bertz CT molecular complexity index is 848. The quantitative estimate of drug-likeness (QED) is 0.731. The first-order valence-corrected chi connectivity index (χ1v) is 9.17. The largest absolute Gasteiger partial charge is 0.244 e. The average Bonchev–Trinajstić information content (AvgIpc) is 2.56. The highest BCUT2D eigenvalue weighted by Gasteiger charge is 2.22. The number of terminal acetylenes is 1. The van der Waals surface area contributed by atoms with E-state index in [0.717, 1.165) is 11.1 Å². The standard InChI is InChI=1S/C19H18ClNO2S/c1-3-14-21(15-4-5-17-8-10-18(20)11-9-17)24(22,23)19-12-6-16(2)7-13-19/h1,4-13H,14-15H2,2H3. The van der Waals surface area contributed by atoms with E-state index in [-0.39, 0.29) is 18.0 Å². The van der Waals surface area contributed by atoms with E-state index >= 15 is 0 Å². The number of rotatable bonds is 6. The van der Waals surface area contributed by atoms with Crippen molar-refractivity contribution in [2.75, 3.05) is 13.1 Å². The molecule has 3 nitrogen and oxygen atoms in total. The monoisotopic (exact) mass is 359 g/mol. The van der Waals surface area contributed by atoms with Crippen molar-refractivity contribution in [3.8, 4) is 12.3 Å². The molecule has 0 saturated heterocycles. The Morgan fingerprint density at radius 3 is 2.33 bits per heavy atom. The molecule has 2 rings (SSSR count). The van der Waals surface area contributed by atoms with Crippen LogP contribution < -0.4 is 0 Å².